The number of hydrogen-bond donors (Lipinski definition) is 2. The van der Waals surface area contributed by atoms with E-state index in [1.54, 1.807) is 6.07 Å². The zero-order chi connectivity index (χ0) is 20.6. The van der Waals surface area contributed by atoms with Crippen molar-refractivity contribution in [1.82, 2.24) is 15.3 Å². The molecule has 1 aromatic carbocycles. The number of alkyl halides is 3. The van der Waals surface area contributed by atoms with Gasteiger partial charge >= 0.3 is 6.18 Å². The van der Waals surface area contributed by atoms with Gasteiger partial charge in [0.05, 0.1) is 6.04 Å². The molecular formula is C21H20F3N3O2. The van der Waals surface area contributed by atoms with Gasteiger partial charge in [-0.2, -0.15) is 13.2 Å². The van der Waals surface area contributed by atoms with Crippen LogP contribution in [0.3, 0.4) is 0 Å². The van der Waals surface area contributed by atoms with Crippen LogP contribution >= 0.6 is 0 Å². The summed E-state index contributed by atoms with van der Waals surface area (Å²) in [5.74, 6) is -0.0304. The topological polar surface area (TPSA) is 67.0 Å². The van der Waals surface area contributed by atoms with Gasteiger partial charge in [0.2, 0.25) is 11.8 Å². The highest BCUT2D eigenvalue weighted by atomic mass is 19.4. The van der Waals surface area contributed by atoms with Gasteiger partial charge in [-0.1, -0.05) is 18.2 Å². The number of H-pyrrole nitrogens is 1. The van der Waals surface area contributed by atoms with E-state index in [1.165, 1.54) is 17.8 Å². The smallest absolute Gasteiger partial charge is 0.422 e. The number of ether oxygens (including phenoxy) is 1. The van der Waals surface area contributed by atoms with Crippen molar-refractivity contribution in [2.75, 3.05) is 6.61 Å². The normalized spacial score (nSPS) is 19.7. The maximum absolute atomic E-state index is 12.6. The van der Waals surface area contributed by atoms with Crippen LogP contribution in [0.4, 0.5) is 13.2 Å². The van der Waals surface area contributed by atoms with Crippen molar-refractivity contribution in [1.29, 1.82) is 0 Å². The van der Waals surface area contributed by atoms with Crippen molar-refractivity contribution in [3.8, 4) is 5.88 Å². The molecule has 3 aromatic rings. The number of halogens is 3. The van der Waals surface area contributed by atoms with Crippen LogP contribution < -0.4 is 10.1 Å². The first-order valence-electron chi connectivity index (χ1n) is 9.34. The average Bonchev–Trinajstić information content (AvgIpc) is 3.34. The van der Waals surface area contributed by atoms with E-state index in [-0.39, 0.29) is 29.7 Å². The first kappa shape index (κ1) is 19.3. The fraction of sp³-hybridized carbons (Fsp3) is 0.333. The molecule has 0 saturated heterocycles. The first-order valence-corrected chi connectivity index (χ1v) is 9.34. The summed E-state index contributed by atoms with van der Waals surface area (Å²) in [5.41, 5.74) is 2.92. The van der Waals surface area contributed by atoms with Crippen LogP contribution in [-0.4, -0.2) is 28.7 Å². The molecule has 2 heterocycles. The number of carbonyl (C=O) groups is 1. The van der Waals surface area contributed by atoms with Crippen LogP contribution in [0.2, 0.25) is 0 Å². The third-order valence-corrected chi connectivity index (χ3v) is 5.16. The number of hydrogen-bond acceptors (Lipinski definition) is 3. The Balaban J connectivity index is 1.35. The van der Waals surface area contributed by atoms with E-state index in [9.17, 15) is 18.0 Å². The largest absolute Gasteiger partial charge is 0.468 e. The lowest BCUT2D eigenvalue weighted by molar-refractivity contribution is -0.154. The summed E-state index contributed by atoms with van der Waals surface area (Å²) in [4.78, 5) is 19.7. The Morgan fingerprint density at radius 1 is 1.31 bits per heavy atom. The third-order valence-electron chi connectivity index (χ3n) is 5.16. The Hall–Kier alpha value is -3.03. The fourth-order valence-electron chi connectivity index (χ4n) is 3.55. The van der Waals surface area contributed by atoms with Gasteiger partial charge < -0.3 is 15.0 Å². The maximum atomic E-state index is 12.6. The molecule has 5 nitrogen and oxygen atoms in total. The zero-order valence-corrected chi connectivity index (χ0v) is 15.7. The van der Waals surface area contributed by atoms with Crippen molar-refractivity contribution in [3.05, 3.63) is 59.9 Å². The number of fused-ring (bicyclic) bond motifs is 1. The number of nitrogens with one attached hydrogen (secondary N) is 2. The Labute approximate surface area is 165 Å². The molecule has 0 aliphatic heterocycles. The van der Waals surface area contributed by atoms with Crippen molar-refractivity contribution in [2.45, 2.75) is 31.5 Å². The van der Waals surface area contributed by atoms with Crippen molar-refractivity contribution in [3.63, 3.8) is 0 Å². The molecule has 1 saturated carbocycles. The number of carbonyl (C=O) groups excluding carboxylic acids is 1. The Morgan fingerprint density at radius 3 is 2.86 bits per heavy atom. The predicted molar refractivity (Wildman–Crippen MR) is 101 cm³/mol. The van der Waals surface area contributed by atoms with E-state index in [0.717, 1.165) is 17.3 Å². The minimum Gasteiger partial charge on any atom is -0.468 e. The van der Waals surface area contributed by atoms with E-state index in [1.807, 2.05) is 31.3 Å². The predicted octanol–water partition coefficient (Wildman–Crippen LogP) is 4.48. The van der Waals surface area contributed by atoms with Gasteiger partial charge in [-0.25, -0.2) is 4.98 Å². The van der Waals surface area contributed by atoms with Crippen LogP contribution in [0, 0.1) is 5.92 Å². The summed E-state index contributed by atoms with van der Waals surface area (Å²) >= 11 is 0. The molecule has 152 valence electrons. The molecule has 0 unspecified atom stereocenters. The van der Waals surface area contributed by atoms with Crippen molar-refractivity contribution in [2.24, 2.45) is 5.92 Å². The van der Waals surface area contributed by atoms with Gasteiger partial charge in [0.15, 0.2) is 6.61 Å². The second kappa shape index (κ2) is 7.42. The Morgan fingerprint density at radius 2 is 2.14 bits per heavy atom. The molecule has 1 fully saturated rings. The van der Waals surface area contributed by atoms with Gasteiger partial charge in [-0.15, -0.1) is 0 Å². The summed E-state index contributed by atoms with van der Waals surface area (Å²) in [7, 11) is 0. The van der Waals surface area contributed by atoms with Crippen molar-refractivity contribution < 1.29 is 22.7 Å². The number of aromatic nitrogens is 2. The number of rotatable bonds is 6. The number of amides is 1. The van der Waals surface area contributed by atoms with E-state index >= 15 is 0 Å². The van der Waals surface area contributed by atoms with Gasteiger partial charge in [-0.05, 0) is 42.5 Å². The van der Waals surface area contributed by atoms with Crippen LogP contribution in [0.5, 0.6) is 5.88 Å². The minimum absolute atomic E-state index is 0.0348. The van der Waals surface area contributed by atoms with E-state index in [4.69, 9.17) is 0 Å². The summed E-state index contributed by atoms with van der Waals surface area (Å²) < 4.78 is 41.2. The first-order chi connectivity index (χ1) is 13.8. The summed E-state index contributed by atoms with van der Waals surface area (Å²) in [6.07, 6.45) is -0.303. The minimum atomic E-state index is -4.41. The van der Waals surface area contributed by atoms with Gasteiger partial charge in [0, 0.05) is 35.3 Å². The van der Waals surface area contributed by atoms with Crippen LogP contribution in [-0.2, 0) is 4.79 Å². The molecule has 3 atom stereocenters. The molecule has 8 heteroatoms. The van der Waals surface area contributed by atoms with E-state index < -0.39 is 12.8 Å². The molecule has 0 radical (unpaired) electrons. The number of pyridine rings is 1. The monoisotopic (exact) mass is 403 g/mol. The van der Waals surface area contributed by atoms with Crippen LogP contribution in [0.25, 0.3) is 10.9 Å². The Bertz CT molecular complexity index is 1010. The highest BCUT2D eigenvalue weighted by Gasteiger charge is 2.44. The second-order valence-corrected chi connectivity index (χ2v) is 7.30. The number of benzene rings is 1. The molecule has 1 amide bonds. The quantitative estimate of drug-likeness (QED) is 0.638. The molecule has 0 spiro atoms. The lowest BCUT2D eigenvalue weighted by atomic mass is 10.0. The zero-order valence-electron chi connectivity index (χ0n) is 15.7. The van der Waals surface area contributed by atoms with Crippen LogP contribution in [0.15, 0.2) is 48.8 Å². The van der Waals surface area contributed by atoms with E-state index in [2.05, 4.69) is 26.1 Å². The summed E-state index contributed by atoms with van der Waals surface area (Å²) in [6, 6.07) is 10.7. The standard InChI is InChI=1S/C21H20F3N3O2/c1-12(13-5-6-19(26-10-13)29-11-21(22,23)24)27-20(28)17-9-16(17)14-3-2-4-18-15(14)7-8-25-18/h2-8,10,12,16-17,25H,9,11H2,1H3,(H,27,28)/t12-,16+,17-/m1/s1. The highest BCUT2D eigenvalue weighted by Crippen LogP contribution is 2.49. The molecule has 0 bridgehead atoms. The molecule has 2 aromatic heterocycles. The fourth-order valence-corrected chi connectivity index (χ4v) is 3.55. The van der Waals surface area contributed by atoms with Gasteiger partial charge in [-0.3, -0.25) is 4.79 Å². The summed E-state index contributed by atoms with van der Waals surface area (Å²) in [5, 5.41) is 4.11. The SMILES string of the molecule is C[C@@H](NC(=O)[C@@H]1C[C@H]1c1cccc2[nH]ccc12)c1ccc(OCC(F)(F)F)nc1. The molecule has 29 heavy (non-hydrogen) atoms. The molecule has 1 aliphatic rings. The molecular weight excluding hydrogens is 383 g/mol. The van der Waals surface area contributed by atoms with Crippen molar-refractivity contribution >= 4 is 16.8 Å². The summed E-state index contributed by atoms with van der Waals surface area (Å²) in [6.45, 7) is 0.429. The lowest BCUT2D eigenvalue weighted by Gasteiger charge is -2.15. The number of aromatic amines is 1. The maximum Gasteiger partial charge on any atom is 0.422 e. The average molecular weight is 403 g/mol. The van der Waals surface area contributed by atoms with E-state index in [0.29, 0.717) is 5.56 Å². The third kappa shape index (κ3) is 4.36. The second-order valence-electron chi connectivity index (χ2n) is 7.30. The molecule has 2 N–H and O–H groups in total. The van der Waals surface area contributed by atoms with Crippen LogP contribution in [0.1, 0.15) is 36.4 Å². The molecule has 4 rings (SSSR count). The lowest BCUT2D eigenvalue weighted by Crippen LogP contribution is -2.28. The molecule has 1 aliphatic carbocycles. The number of nitrogens with zero attached hydrogens (tertiary/aromatic N) is 1. The Kier molecular flexibility index (Phi) is 4.94. The highest BCUT2D eigenvalue weighted by molar-refractivity contribution is 5.88. The van der Waals surface area contributed by atoms with Gasteiger partial charge in [0.25, 0.3) is 0 Å². The van der Waals surface area contributed by atoms with Gasteiger partial charge in [0.1, 0.15) is 0 Å².